The maximum atomic E-state index is 7.85. The minimum absolute atomic E-state index is 0.333. The second-order valence-corrected chi connectivity index (χ2v) is 33.4. The molecule has 0 amide bonds. The first-order chi connectivity index (χ1) is 17.8. The van der Waals surface area contributed by atoms with Gasteiger partial charge in [-0.3, -0.25) is 0 Å². The van der Waals surface area contributed by atoms with Gasteiger partial charge >= 0.3 is 34.2 Å². The van der Waals surface area contributed by atoms with Crippen LogP contribution in [0.5, 0.6) is 0 Å². The molecular formula is C28H64O8Si4. The molecule has 0 aromatic rings. The van der Waals surface area contributed by atoms with Crippen molar-refractivity contribution >= 4 is 34.2 Å². The van der Waals surface area contributed by atoms with Crippen molar-refractivity contribution in [1.29, 1.82) is 0 Å². The number of rotatable bonds is 8. The van der Waals surface area contributed by atoms with E-state index < -0.39 is 54.4 Å². The summed E-state index contributed by atoms with van der Waals surface area (Å²) in [6, 6.07) is 0. The lowest BCUT2D eigenvalue weighted by Gasteiger charge is -2.65. The third-order valence-electron chi connectivity index (χ3n) is 8.95. The summed E-state index contributed by atoms with van der Waals surface area (Å²) in [5.41, 5.74) is -1.33. The summed E-state index contributed by atoms with van der Waals surface area (Å²) in [5, 5.41) is -1.67. The van der Waals surface area contributed by atoms with E-state index in [4.69, 9.17) is 35.4 Å². The van der Waals surface area contributed by atoms with Crippen molar-refractivity contribution in [3.63, 3.8) is 0 Å². The van der Waals surface area contributed by atoms with Crippen LogP contribution in [0.3, 0.4) is 0 Å². The van der Waals surface area contributed by atoms with E-state index in [0.29, 0.717) is 0 Å². The number of ether oxygens (including phenoxy) is 4. The third kappa shape index (κ3) is 6.34. The van der Waals surface area contributed by atoms with Gasteiger partial charge in [-0.15, -0.1) is 0 Å². The molecule has 1 saturated heterocycles. The van der Waals surface area contributed by atoms with Crippen molar-refractivity contribution in [3.8, 4) is 0 Å². The van der Waals surface area contributed by atoms with Gasteiger partial charge in [0.1, 0.15) is 0 Å². The highest BCUT2D eigenvalue weighted by molar-refractivity contribution is 6.98. The second kappa shape index (κ2) is 12.5. The summed E-state index contributed by atoms with van der Waals surface area (Å²) in [5.74, 6) is 0. The van der Waals surface area contributed by atoms with Crippen molar-refractivity contribution < 1.29 is 35.4 Å². The van der Waals surface area contributed by atoms with Crippen LogP contribution in [0.1, 0.15) is 111 Å². The van der Waals surface area contributed by atoms with E-state index in [0.717, 1.165) is 0 Å². The van der Waals surface area contributed by atoms with E-state index in [1.54, 1.807) is 28.4 Å². The topological polar surface area (TPSA) is 73.8 Å². The molecule has 0 spiro atoms. The summed E-state index contributed by atoms with van der Waals surface area (Å²) < 4.78 is 56.2. The Bertz CT molecular complexity index is 684. The summed E-state index contributed by atoms with van der Waals surface area (Å²) in [7, 11) is -6.71. The van der Waals surface area contributed by atoms with Crippen LogP contribution >= 0.6 is 0 Å². The third-order valence-corrected chi connectivity index (χ3v) is 32.2. The molecule has 0 bridgehead atoms. The molecule has 0 aromatic carbocycles. The van der Waals surface area contributed by atoms with E-state index in [-0.39, 0.29) is 22.9 Å². The van der Waals surface area contributed by atoms with Gasteiger partial charge in [0.2, 0.25) is 0 Å². The molecule has 0 radical (unpaired) electrons. The first-order valence-corrected chi connectivity index (χ1v) is 22.2. The van der Waals surface area contributed by atoms with E-state index in [2.05, 4.69) is 111 Å². The minimum atomic E-state index is -3.41. The molecule has 1 rings (SSSR count). The van der Waals surface area contributed by atoms with E-state index in [9.17, 15) is 0 Å². The second-order valence-electron chi connectivity index (χ2n) is 15.6. The number of hydrogen-bond acceptors (Lipinski definition) is 8. The SMILES string of the molecule is COC(C)[Si]1(C(C)(C)C)O[Si](C(C)OC)(C(C)(C)C)O[Si](C(C)OC)(C(C)(C)C)O[Si](C(C)OC)(C(C)(C)C)O1. The standard InChI is InChI=1S/C28H64O8Si4/c1-21(29-17)37(25(5,6)7)33-38(22(2)30-18,26(8,9)10)35-40(24(4)32-20,28(14,15)16)36-39(34-37,23(3)31-19)27(11,12)13/h21-24H,1-20H3. The van der Waals surface area contributed by atoms with Crippen LogP contribution in [-0.2, 0) is 35.4 Å². The van der Waals surface area contributed by atoms with Gasteiger partial charge < -0.3 is 35.4 Å². The maximum Gasteiger partial charge on any atom is 0.355 e. The average Bonchev–Trinajstić information content (AvgIpc) is 2.79. The highest BCUT2D eigenvalue weighted by Gasteiger charge is 2.77. The van der Waals surface area contributed by atoms with Crippen LogP contribution in [-0.4, -0.2) is 85.6 Å². The molecule has 4 atom stereocenters. The predicted molar refractivity (Wildman–Crippen MR) is 172 cm³/mol. The Morgan fingerprint density at radius 1 is 0.350 bits per heavy atom. The Morgan fingerprint density at radius 3 is 0.550 bits per heavy atom. The van der Waals surface area contributed by atoms with Crippen molar-refractivity contribution in [2.24, 2.45) is 0 Å². The summed E-state index contributed by atoms with van der Waals surface area (Å²) in [4.78, 5) is 0. The molecule has 40 heavy (non-hydrogen) atoms. The molecule has 4 unspecified atom stereocenters. The normalized spacial score (nSPS) is 34.5. The molecule has 1 fully saturated rings. The zero-order valence-corrected chi connectivity index (χ0v) is 33.6. The number of methoxy groups -OCH3 is 4. The first kappa shape index (κ1) is 38.6. The first-order valence-electron chi connectivity index (χ1n) is 14.7. The molecule has 0 aliphatic carbocycles. The molecule has 8 nitrogen and oxygen atoms in total. The van der Waals surface area contributed by atoms with Crippen LogP contribution < -0.4 is 0 Å². The minimum Gasteiger partial charge on any atom is -0.412 e. The van der Waals surface area contributed by atoms with Gasteiger partial charge in [-0.25, -0.2) is 0 Å². The lowest BCUT2D eigenvalue weighted by Crippen LogP contribution is -2.84. The number of hydrogen-bond donors (Lipinski definition) is 0. The monoisotopic (exact) mass is 640 g/mol. The maximum absolute atomic E-state index is 7.85. The fourth-order valence-electron chi connectivity index (χ4n) is 5.93. The Hall–Kier alpha value is 0.548. The average molecular weight is 641 g/mol. The Morgan fingerprint density at radius 2 is 0.475 bits per heavy atom. The quantitative estimate of drug-likeness (QED) is 0.255. The van der Waals surface area contributed by atoms with Crippen LogP contribution in [0.25, 0.3) is 0 Å². The molecule has 12 heteroatoms. The fourth-order valence-corrected chi connectivity index (χ4v) is 36.5. The van der Waals surface area contributed by atoms with Crippen molar-refractivity contribution in [1.82, 2.24) is 0 Å². The molecule has 1 aliphatic heterocycles. The zero-order valence-electron chi connectivity index (χ0n) is 29.6. The molecule has 1 aliphatic rings. The highest BCUT2D eigenvalue weighted by atomic mass is 28.5. The summed E-state index contributed by atoms with van der Waals surface area (Å²) >= 11 is 0. The molecule has 0 N–H and O–H groups in total. The van der Waals surface area contributed by atoms with Gasteiger partial charge in [-0.1, -0.05) is 83.1 Å². The lowest BCUT2D eigenvalue weighted by molar-refractivity contribution is 0.0363. The van der Waals surface area contributed by atoms with Gasteiger partial charge in [0.05, 0.1) is 22.9 Å². The van der Waals surface area contributed by atoms with Crippen molar-refractivity contribution in [2.75, 3.05) is 28.4 Å². The van der Waals surface area contributed by atoms with Crippen LogP contribution in [0, 0.1) is 0 Å². The van der Waals surface area contributed by atoms with Crippen LogP contribution in [0.4, 0.5) is 0 Å². The zero-order chi connectivity index (χ0) is 32.0. The van der Waals surface area contributed by atoms with E-state index >= 15 is 0 Å². The van der Waals surface area contributed by atoms with Gasteiger partial charge in [-0.2, -0.15) is 0 Å². The largest absolute Gasteiger partial charge is 0.412 e. The molecule has 0 saturated carbocycles. The van der Waals surface area contributed by atoms with Crippen LogP contribution in [0.2, 0.25) is 20.2 Å². The summed E-state index contributed by atoms with van der Waals surface area (Å²) in [6.07, 6.45) is 0. The molecule has 240 valence electrons. The molecule has 0 aromatic heterocycles. The van der Waals surface area contributed by atoms with E-state index in [1.807, 2.05) is 0 Å². The van der Waals surface area contributed by atoms with Crippen molar-refractivity contribution in [3.05, 3.63) is 0 Å². The predicted octanol–water partition coefficient (Wildman–Crippen LogP) is 7.33. The van der Waals surface area contributed by atoms with Gasteiger partial charge in [-0.05, 0) is 27.7 Å². The fraction of sp³-hybridized carbons (Fsp3) is 1.00. The van der Waals surface area contributed by atoms with Crippen LogP contribution in [0.15, 0.2) is 0 Å². The van der Waals surface area contributed by atoms with Gasteiger partial charge in [0.15, 0.2) is 0 Å². The highest BCUT2D eigenvalue weighted by Crippen LogP contribution is 2.59. The molecular weight excluding hydrogens is 577 g/mol. The Balaban J connectivity index is 4.63. The lowest BCUT2D eigenvalue weighted by atomic mass is 10.2. The van der Waals surface area contributed by atoms with Gasteiger partial charge in [0, 0.05) is 48.6 Å². The molecule has 1 heterocycles. The smallest absolute Gasteiger partial charge is 0.355 e. The van der Waals surface area contributed by atoms with E-state index in [1.165, 1.54) is 0 Å². The summed E-state index contributed by atoms with van der Waals surface area (Å²) in [6.45, 7) is 34.6. The van der Waals surface area contributed by atoms with Gasteiger partial charge in [0.25, 0.3) is 0 Å². The Kier molecular flexibility index (Phi) is 12.1. The Labute approximate surface area is 251 Å². The van der Waals surface area contributed by atoms with Crippen molar-refractivity contribution in [2.45, 2.75) is 154 Å².